The Kier molecular flexibility index (Phi) is 5.77. The number of benzene rings is 2. The van der Waals surface area contributed by atoms with Crippen molar-refractivity contribution in [1.29, 1.82) is 0 Å². The van der Waals surface area contributed by atoms with Crippen molar-refractivity contribution in [2.45, 2.75) is 31.1 Å². The van der Waals surface area contributed by atoms with Gasteiger partial charge in [0.25, 0.3) is 5.91 Å². The summed E-state index contributed by atoms with van der Waals surface area (Å²) in [7, 11) is -2.01. The summed E-state index contributed by atoms with van der Waals surface area (Å²) < 4.78 is 33.6. The molecule has 2 heterocycles. The van der Waals surface area contributed by atoms with E-state index in [2.05, 4.69) is 10.3 Å². The van der Waals surface area contributed by atoms with Gasteiger partial charge in [-0.25, -0.2) is 13.4 Å². The predicted molar refractivity (Wildman–Crippen MR) is 118 cm³/mol. The van der Waals surface area contributed by atoms with Crippen molar-refractivity contribution in [2.75, 3.05) is 25.5 Å². The van der Waals surface area contributed by atoms with Gasteiger partial charge in [-0.2, -0.15) is 4.31 Å². The van der Waals surface area contributed by atoms with Crippen molar-refractivity contribution in [3.63, 3.8) is 0 Å². The fourth-order valence-electron chi connectivity index (χ4n) is 3.51. The fourth-order valence-corrected chi connectivity index (χ4v) is 5.94. The smallest absolute Gasteiger partial charge is 0.257 e. The number of fused-ring (bicyclic) bond motifs is 1. The minimum Gasteiger partial charge on any atom is -0.497 e. The summed E-state index contributed by atoms with van der Waals surface area (Å²) in [6.45, 7) is 2.83. The zero-order valence-corrected chi connectivity index (χ0v) is 18.5. The minimum absolute atomic E-state index is 0.147. The van der Waals surface area contributed by atoms with Crippen LogP contribution in [0.1, 0.15) is 35.2 Å². The highest BCUT2D eigenvalue weighted by molar-refractivity contribution is 7.89. The molecule has 0 unspecified atom stereocenters. The molecule has 1 aliphatic heterocycles. The van der Waals surface area contributed by atoms with Crippen molar-refractivity contribution >= 4 is 42.6 Å². The molecule has 30 heavy (non-hydrogen) atoms. The third-order valence-corrected chi connectivity index (χ3v) is 8.05. The Labute approximate surface area is 179 Å². The van der Waals surface area contributed by atoms with Crippen LogP contribution in [0.5, 0.6) is 5.75 Å². The molecule has 0 atom stereocenters. The Balaban J connectivity index is 1.60. The monoisotopic (exact) mass is 445 g/mol. The number of sulfonamides is 1. The second kappa shape index (κ2) is 8.33. The van der Waals surface area contributed by atoms with Gasteiger partial charge in [-0.15, -0.1) is 0 Å². The van der Waals surface area contributed by atoms with E-state index in [1.807, 2.05) is 18.2 Å². The van der Waals surface area contributed by atoms with Crippen molar-refractivity contribution < 1.29 is 17.9 Å². The molecule has 0 radical (unpaired) electrons. The average molecular weight is 446 g/mol. The van der Waals surface area contributed by atoms with Gasteiger partial charge in [0.05, 0.1) is 22.2 Å². The van der Waals surface area contributed by atoms with Gasteiger partial charge >= 0.3 is 0 Å². The molecule has 0 bridgehead atoms. The molecule has 1 aromatic heterocycles. The van der Waals surface area contributed by atoms with Gasteiger partial charge in [-0.1, -0.05) is 23.8 Å². The summed E-state index contributed by atoms with van der Waals surface area (Å²) in [5, 5.41) is 3.25. The van der Waals surface area contributed by atoms with Crippen LogP contribution >= 0.6 is 11.3 Å². The summed E-state index contributed by atoms with van der Waals surface area (Å²) in [4.78, 5) is 17.5. The average Bonchev–Trinajstić information content (AvgIpc) is 3.15. The first kappa shape index (κ1) is 20.8. The second-order valence-corrected chi connectivity index (χ2v) is 10.2. The summed E-state index contributed by atoms with van der Waals surface area (Å²) in [5.41, 5.74) is 1.78. The van der Waals surface area contributed by atoms with E-state index >= 15 is 0 Å². The Morgan fingerprint density at radius 3 is 2.63 bits per heavy atom. The normalized spacial score (nSPS) is 15.3. The first-order valence-electron chi connectivity index (χ1n) is 9.75. The third kappa shape index (κ3) is 4.05. The Hall–Kier alpha value is -2.49. The molecule has 2 aromatic carbocycles. The van der Waals surface area contributed by atoms with E-state index < -0.39 is 10.0 Å². The number of carbonyl (C=O) groups excluding carboxylic acids is 1. The highest BCUT2D eigenvalue weighted by Crippen LogP contribution is 2.30. The number of aryl methyl sites for hydroxylation is 1. The van der Waals surface area contributed by atoms with Crippen LogP contribution in [0.15, 0.2) is 41.3 Å². The number of anilines is 1. The van der Waals surface area contributed by atoms with Crippen LogP contribution in [0.25, 0.3) is 10.2 Å². The topological polar surface area (TPSA) is 88.6 Å². The van der Waals surface area contributed by atoms with E-state index in [4.69, 9.17) is 4.74 Å². The van der Waals surface area contributed by atoms with Gasteiger partial charge < -0.3 is 4.74 Å². The number of aromatic nitrogens is 1. The SMILES string of the molecule is COc1ccc2nc(NC(=O)c3cc(S(=O)(=O)N4CCCCC4)ccc3C)sc2c1. The fraction of sp³-hybridized carbons (Fsp3) is 0.333. The lowest BCUT2D eigenvalue weighted by Crippen LogP contribution is -2.35. The molecule has 1 N–H and O–H groups in total. The van der Waals surface area contributed by atoms with Gasteiger partial charge in [-0.3, -0.25) is 10.1 Å². The standard InChI is InChI=1S/C21H23N3O4S2/c1-14-6-8-16(30(26,27)24-10-4-3-5-11-24)13-17(14)20(25)23-21-22-18-9-7-15(28-2)12-19(18)29-21/h6-9,12-13H,3-5,10-11H2,1-2H3,(H,22,23,25). The first-order chi connectivity index (χ1) is 14.4. The van der Waals surface area contributed by atoms with E-state index in [9.17, 15) is 13.2 Å². The highest BCUT2D eigenvalue weighted by Gasteiger charge is 2.27. The van der Waals surface area contributed by atoms with E-state index in [0.717, 1.165) is 35.2 Å². The summed E-state index contributed by atoms with van der Waals surface area (Å²) in [6, 6.07) is 10.2. The zero-order chi connectivity index (χ0) is 21.3. The largest absolute Gasteiger partial charge is 0.497 e. The number of piperidine rings is 1. The maximum atomic E-state index is 13.0. The number of rotatable bonds is 5. The lowest BCUT2D eigenvalue weighted by atomic mass is 10.1. The molecule has 4 rings (SSSR count). The maximum Gasteiger partial charge on any atom is 0.257 e. The number of nitrogens with zero attached hydrogens (tertiary/aromatic N) is 2. The van der Waals surface area contributed by atoms with Gasteiger partial charge in [0.2, 0.25) is 10.0 Å². The van der Waals surface area contributed by atoms with Crippen LogP contribution < -0.4 is 10.1 Å². The van der Waals surface area contributed by atoms with Crippen LogP contribution in [0.2, 0.25) is 0 Å². The number of methoxy groups -OCH3 is 1. The molecule has 1 fully saturated rings. The molecule has 1 amide bonds. The summed E-state index contributed by atoms with van der Waals surface area (Å²) >= 11 is 1.34. The number of thiazole rings is 1. The zero-order valence-electron chi connectivity index (χ0n) is 16.8. The van der Waals surface area contributed by atoms with E-state index in [1.54, 1.807) is 26.2 Å². The lowest BCUT2D eigenvalue weighted by Gasteiger charge is -2.26. The molecule has 7 nitrogen and oxygen atoms in total. The Bertz CT molecular complexity index is 1200. The number of hydrogen-bond donors (Lipinski definition) is 1. The summed E-state index contributed by atoms with van der Waals surface area (Å²) in [5.74, 6) is 0.338. The first-order valence-corrected chi connectivity index (χ1v) is 12.0. The Morgan fingerprint density at radius 2 is 1.90 bits per heavy atom. The molecular weight excluding hydrogens is 422 g/mol. The molecule has 158 valence electrons. The van der Waals surface area contributed by atoms with E-state index in [1.165, 1.54) is 21.7 Å². The second-order valence-electron chi connectivity index (χ2n) is 7.25. The number of hydrogen-bond acceptors (Lipinski definition) is 6. The van der Waals surface area contributed by atoms with Gasteiger partial charge in [-0.05, 0) is 55.7 Å². The molecular formula is C21H23N3O4S2. The lowest BCUT2D eigenvalue weighted by molar-refractivity contribution is 0.102. The molecule has 1 saturated heterocycles. The number of nitrogens with one attached hydrogen (secondary N) is 1. The van der Waals surface area contributed by atoms with E-state index in [-0.39, 0.29) is 10.8 Å². The van der Waals surface area contributed by atoms with Crippen LogP contribution in [0.4, 0.5) is 5.13 Å². The molecule has 0 saturated carbocycles. The van der Waals surface area contributed by atoms with Crippen molar-refractivity contribution in [3.05, 3.63) is 47.5 Å². The van der Waals surface area contributed by atoms with Crippen LogP contribution in [-0.2, 0) is 10.0 Å². The van der Waals surface area contributed by atoms with Crippen molar-refractivity contribution in [3.8, 4) is 5.75 Å². The van der Waals surface area contributed by atoms with Gasteiger partial charge in [0, 0.05) is 18.7 Å². The number of carbonyl (C=O) groups is 1. The van der Waals surface area contributed by atoms with Crippen molar-refractivity contribution in [1.82, 2.24) is 9.29 Å². The quantitative estimate of drug-likeness (QED) is 0.640. The van der Waals surface area contributed by atoms with Crippen LogP contribution in [-0.4, -0.2) is 43.8 Å². The number of ether oxygens (including phenoxy) is 1. The maximum absolute atomic E-state index is 13.0. The minimum atomic E-state index is -3.61. The summed E-state index contributed by atoms with van der Waals surface area (Å²) in [6.07, 6.45) is 2.77. The van der Waals surface area contributed by atoms with Gasteiger partial charge in [0.15, 0.2) is 5.13 Å². The Morgan fingerprint density at radius 1 is 1.13 bits per heavy atom. The van der Waals surface area contributed by atoms with Gasteiger partial charge in [0.1, 0.15) is 5.75 Å². The third-order valence-electron chi connectivity index (χ3n) is 5.22. The van der Waals surface area contributed by atoms with Crippen molar-refractivity contribution in [2.24, 2.45) is 0 Å². The predicted octanol–water partition coefficient (Wildman–Crippen LogP) is 4.04. The molecule has 0 aliphatic carbocycles. The van der Waals surface area contributed by atoms with Crippen LogP contribution in [0, 0.1) is 6.92 Å². The molecule has 0 spiro atoms. The highest BCUT2D eigenvalue weighted by atomic mass is 32.2. The molecule has 9 heteroatoms. The van der Waals surface area contributed by atoms with Crippen LogP contribution in [0.3, 0.4) is 0 Å². The number of amides is 1. The molecule has 3 aromatic rings. The van der Waals surface area contributed by atoms with E-state index in [0.29, 0.717) is 29.3 Å². The molecule has 1 aliphatic rings.